The SMILES string of the molecule is CC(=Cc1cn(C2CCCC2)c2ccccc12)[N+](=O)[O-]. The number of nitrogens with zero attached hydrogens (tertiary/aromatic N) is 2. The van der Waals surface area contributed by atoms with Crippen molar-refractivity contribution < 1.29 is 4.92 Å². The van der Waals surface area contributed by atoms with Crippen LogP contribution in [0, 0.1) is 10.1 Å². The summed E-state index contributed by atoms with van der Waals surface area (Å²) in [5.41, 5.74) is 2.31. The number of hydrogen-bond acceptors (Lipinski definition) is 2. The van der Waals surface area contributed by atoms with Crippen molar-refractivity contribution in [3.8, 4) is 0 Å². The highest BCUT2D eigenvalue weighted by Gasteiger charge is 2.19. The molecule has 0 unspecified atom stereocenters. The summed E-state index contributed by atoms with van der Waals surface area (Å²) < 4.78 is 2.31. The Kier molecular flexibility index (Phi) is 3.30. The second-order valence-corrected chi connectivity index (χ2v) is 5.49. The first-order valence-electron chi connectivity index (χ1n) is 7.09. The lowest BCUT2D eigenvalue weighted by molar-refractivity contribution is -0.422. The zero-order valence-electron chi connectivity index (χ0n) is 11.6. The van der Waals surface area contributed by atoms with E-state index in [1.807, 2.05) is 18.2 Å². The molecule has 20 heavy (non-hydrogen) atoms. The average molecular weight is 270 g/mol. The van der Waals surface area contributed by atoms with Gasteiger partial charge in [0.15, 0.2) is 0 Å². The van der Waals surface area contributed by atoms with E-state index in [0.717, 1.165) is 10.9 Å². The van der Waals surface area contributed by atoms with Crippen molar-refractivity contribution in [3.63, 3.8) is 0 Å². The van der Waals surface area contributed by atoms with Crippen LogP contribution in [0.4, 0.5) is 0 Å². The normalized spacial score (nSPS) is 16.9. The van der Waals surface area contributed by atoms with Gasteiger partial charge >= 0.3 is 0 Å². The van der Waals surface area contributed by atoms with Crippen LogP contribution < -0.4 is 0 Å². The predicted octanol–water partition coefficient (Wildman–Crippen LogP) is 4.39. The summed E-state index contributed by atoms with van der Waals surface area (Å²) in [4.78, 5) is 10.5. The topological polar surface area (TPSA) is 48.1 Å². The summed E-state index contributed by atoms with van der Waals surface area (Å²) in [6.07, 6.45) is 8.71. The minimum atomic E-state index is -0.332. The summed E-state index contributed by atoms with van der Waals surface area (Å²) in [6.45, 7) is 1.54. The summed E-state index contributed by atoms with van der Waals surface area (Å²) in [5, 5.41) is 11.9. The van der Waals surface area contributed by atoms with Crippen LogP contribution in [-0.4, -0.2) is 9.49 Å². The van der Waals surface area contributed by atoms with Gasteiger partial charge in [-0.2, -0.15) is 0 Å². The van der Waals surface area contributed by atoms with Gasteiger partial charge in [0.05, 0.1) is 4.92 Å². The fourth-order valence-corrected chi connectivity index (χ4v) is 3.11. The second-order valence-electron chi connectivity index (χ2n) is 5.49. The molecule has 0 spiro atoms. The van der Waals surface area contributed by atoms with Crippen LogP contribution in [0.2, 0.25) is 0 Å². The van der Waals surface area contributed by atoms with Crippen molar-refractivity contribution in [3.05, 3.63) is 51.8 Å². The van der Waals surface area contributed by atoms with E-state index in [0.29, 0.717) is 6.04 Å². The third-order valence-electron chi connectivity index (χ3n) is 4.14. The maximum atomic E-state index is 10.8. The third kappa shape index (κ3) is 2.22. The standard InChI is InChI=1S/C16H18N2O2/c1-12(18(19)20)10-13-11-17(14-6-2-3-7-14)16-9-5-4-8-15(13)16/h4-5,8-11,14H,2-3,6-7H2,1H3. The first kappa shape index (κ1) is 12.9. The van der Waals surface area contributed by atoms with Crippen molar-refractivity contribution in [1.29, 1.82) is 0 Å². The maximum Gasteiger partial charge on any atom is 0.243 e. The zero-order chi connectivity index (χ0) is 14.1. The van der Waals surface area contributed by atoms with Gasteiger partial charge in [-0.05, 0) is 18.9 Å². The lowest BCUT2D eigenvalue weighted by Gasteiger charge is -2.12. The number of fused-ring (bicyclic) bond motifs is 1. The van der Waals surface area contributed by atoms with E-state index in [-0.39, 0.29) is 10.6 Å². The Bertz CT molecular complexity index is 679. The molecule has 0 amide bonds. The van der Waals surface area contributed by atoms with Crippen LogP contribution in [0.15, 0.2) is 36.2 Å². The molecule has 0 aliphatic heterocycles. The Balaban J connectivity index is 2.13. The predicted molar refractivity (Wildman–Crippen MR) is 80.1 cm³/mol. The zero-order valence-corrected chi connectivity index (χ0v) is 11.6. The van der Waals surface area contributed by atoms with E-state index < -0.39 is 0 Å². The van der Waals surface area contributed by atoms with Crippen molar-refractivity contribution in [2.45, 2.75) is 38.6 Å². The van der Waals surface area contributed by atoms with E-state index in [9.17, 15) is 10.1 Å². The van der Waals surface area contributed by atoms with Crippen LogP contribution in [0.1, 0.15) is 44.2 Å². The molecule has 1 fully saturated rings. The summed E-state index contributed by atoms with van der Waals surface area (Å²) >= 11 is 0. The Morgan fingerprint density at radius 2 is 2.05 bits per heavy atom. The van der Waals surface area contributed by atoms with Gasteiger partial charge in [0.2, 0.25) is 5.70 Å². The average Bonchev–Trinajstić information content (AvgIpc) is 3.06. The number of benzene rings is 1. The molecule has 0 radical (unpaired) electrons. The quantitative estimate of drug-likeness (QED) is 0.613. The van der Waals surface area contributed by atoms with Crippen LogP contribution in [0.25, 0.3) is 17.0 Å². The van der Waals surface area contributed by atoms with Gasteiger partial charge < -0.3 is 4.57 Å². The van der Waals surface area contributed by atoms with E-state index in [1.54, 1.807) is 13.0 Å². The molecule has 4 nitrogen and oxygen atoms in total. The molecule has 0 N–H and O–H groups in total. The molecule has 1 aromatic carbocycles. The molecule has 1 saturated carbocycles. The number of aromatic nitrogens is 1. The van der Waals surface area contributed by atoms with E-state index in [2.05, 4.69) is 16.8 Å². The van der Waals surface area contributed by atoms with Gasteiger partial charge in [-0.3, -0.25) is 10.1 Å². The van der Waals surface area contributed by atoms with Crippen LogP contribution >= 0.6 is 0 Å². The molecule has 1 heterocycles. The van der Waals surface area contributed by atoms with Gasteiger partial charge in [-0.1, -0.05) is 31.0 Å². The lowest BCUT2D eigenvalue weighted by atomic mass is 10.1. The Morgan fingerprint density at radius 1 is 1.35 bits per heavy atom. The molecule has 1 aliphatic carbocycles. The first-order valence-corrected chi connectivity index (χ1v) is 7.09. The van der Waals surface area contributed by atoms with Crippen molar-refractivity contribution >= 4 is 17.0 Å². The molecule has 1 aromatic heterocycles. The van der Waals surface area contributed by atoms with E-state index in [1.165, 1.54) is 31.2 Å². The molecular weight excluding hydrogens is 252 g/mol. The summed E-state index contributed by atoms with van der Waals surface area (Å²) in [5.74, 6) is 0. The van der Waals surface area contributed by atoms with Gasteiger partial charge in [-0.15, -0.1) is 0 Å². The molecule has 3 rings (SSSR count). The fourth-order valence-electron chi connectivity index (χ4n) is 3.11. The van der Waals surface area contributed by atoms with Crippen molar-refractivity contribution in [2.75, 3.05) is 0 Å². The highest BCUT2D eigenvalue weighted by Crippen LogP contribution is 2.34. The van der Waals surface area contributed by atoms with Crippen molar-refractivity contribution in [2.24, 2.45) is 0 Å². The second kappa shape index (κ2) is 5.12. The Morgan fingerprint density at radius 3 is 2.75 bits per heavy atom. The van der Waals surface area contributed by atoms with Crippen LogP contribution in [0.5, 0.6) is 0 Å². The monoisotopic (exact) mass is 270 g/mol. The third-order valence-corrected chi connectivity index (χ3v) is 4.14. The highest BCUT2D eigenvalue weighted by molar-refractivity contribution is 5.89. The number of rotatable bonds is 3. The smallest absolute Gasteiger partial charge is 0.243 e. The lowest BCUT2D eigenvalue weighted by Crippen LogP contribution is -2.02. The molecule has 0 atom stereocenters. The van der Waals surface area contributed by atoms with Crippen molar-refractivity contribution in [1.82, 2.24) is 4.57 Å². The van der Waals surface area contributed by atoms with E-state index >= 15 is 0 Å². The molecule has 2 aromatic rings. The van der Waals surface area contributed by atoms with Gasteiger partial charge in [0.25, 0.3) is 0 Å². The summed E-state index contributed by atoms with van der Waals surface area (Å²) in [7, 11) is 0. The highest BCUT2D eigenvalue weighted by atomic mass is 16.6. The van der Waals surface area contributed by atoms with Gasteiger partial charge in [0.1, 0.15) is 0 Å². The number of hydrogen-bond donors (Lipinski definition) is 0. The Hall–Kier alpha value is -2.10. The largest absolute Gasteiger partial charge is 0.344 e. The minimum absolute atomic E-state index is 0.180. The first-order chi connectivity index (χ1) is 9.66. The van der Waals surface area contributed by atoms with E-state index in [4.69, 9.17) is 0 Å². The summed E-state index contributed by atoms with van der Waals surface area (Å²) in [6, 6.07) is 8.70. The molecule has 1 aliphatic rings. The number of para-hydroxylation sites is 1. The number of allylic oxidation sites excluding steroid dienone is 1. The van der Waals surface area contributed by atoms with Gasteiger partial charge in [0, 0.05) is 41.7 Å². The molecule has 0 saturated heterocycles. The molecule has 0 bridgehead atoms. The molecule has 104 valence electrons. The van der Waals surface area contributed by atoms with Gasteiger partial charge in [-0.25, -0.2) is 0 Å². The maximum absolute atomic E-state index is 10.8. The van der Waals surface area contributed by atoms with Crippen LogP contribution in [-0.2, 0) is 0 Å². The molecular formula is C16H18N2O2. The molecule has 4 heteroatoms. The minimum Gasteiger partial charge on any atom is -0.344 e. The number of nitro groups is 1. The fraction of sp³-hybridized carbons (Fsp3) is 0.375. The Labute approximate surface area is 117 Å². The van der Waals surface area contributed by atoms with Crippen LogP contribution in [0.3, 0.4) is 0 Å².